The lowest BCUT2D eigenvalue weighted by Crippen LogP contribution is -2.44. The molecule has 1 amide bonds. The van der Waals surface area contributed by atoms with Gasteiger partial charge in [-0.3, -0.25) is 9.69 Å². The minimum atomic E-state index is -0.136. The number of nitrogens with one attached hydrogen (secondary N) is 1. The molecule has 0 saturated carbocycles. The monoisotopic (exact) mass is 386 g/mol. The van der Waals surface area contributed by atoms with Crippen LogP contribution in [0.1, 0.15) is 36.4 Å². The van der Waals surface area contributed by atoms with Crippen LogP contribution in [0.25, 0.3) is 0 Å². The maximum atomic E-state index is 12.9. The van der Waals surface area contributed by atoms with Crippen molar-refractivity contribution in [3.8, 4) is 0 Å². The molecule has 1 N–H and O–H groups in total. The van der Waals surface area contributed by atoms with E-state index >= 15 is 0 Å². The van der Waals surface area contributed by atoms with E-state index < -0.39 is 0 Å². The van der Waals surface area contributed by atoms with E-state index in [1.165, 1.54) is 0 Å². The van der Waals surface area contributed by atoms with Crippen molar-refractivity contribution in [1.82, 2.24) is 10.2 Å². The van der Waals surface area contributed by atoms with Gasteiger partial charge in [0.1, 0.15) is 0 Å². The van der Waals surface area contributed by atoms with Crippen molar-refractivity contribution in [3.05, 3.63) is 70.7 Å². The summed E-state index contributed by atoms with van der Waals surface area (Å²) in [6, 6.07) is 17.9. The fourth-order valence-electron chi connectivity index (χ4n) is 3.65. The molecule has 1 saturated heterocycles. The number of carbonyl (C=O) groups is 1. The second-order valence-electron chi connectivity index (χ2n) is 6.80. The first kappa shape index (κ1) is 19.9. The van der Waals surface area contributed by atoms with Crippen LogP contribution in [0.5, 0.6) is 0 Å². The largest absolute Gasteiger partial charge is 0.379 e. The van der Waals surface area contributed by atoms with Crippen LogP contribution in [0.15, 0.2) is 54.6 Å². The third-order valence-corrected chi connectivity index (χ3v) is 5.49. The Morgan fingerprint density at radius 3 is 2.44 bits per heavy atom. The summed E-state index contributed by atoms with van der Waals surface area (Å²) in [6.45, 7) is 5.66. The highest BCUT2D eigenvalue weighted by atomic mass is 35.5. The molecule has 27 heavy (non-hydrogen) atoms. The molecule has 0 spiro atoms. The third kappa shape index (κ3) is 5.10. The van der Waals surface area contributed by atoms with Crippen LogP contribution >= 0.6 is 11.6 Å². The topological polar surface area (TPSA) is 41.6 Å². The zero-order valence-electron chi connectivity index (χ0n) is 15.7. The first-order valence-electron chi connectivity index (χ1n) is 9.59. The van der Waals surface area contributed by atoms with Gasteiger partial charge in [0.2, 0.25) is 5.91 Å². The summed E-state index contributed by atoms with van der Waals surface area (Å²) in [5.74, 6) is -0.0724. The lowest BCUT2D eigenvalue weighted by Gasteiger charge is -2.35. The Morgan fingerprint density at radius 2 is 1.78 bits per heavy atom. The molecule has 2 aromatic carbocycles. The SMILES string of the molecule is CC[C@H](C(=O)NC[C@@H](c1ccccc1Cl)N1CCOCC1)c1ccccc1. The second-order valence-corrected chi connectivity index (χ2v) is 7.21. The van der Waals surface area contributed by atoms with Crippen molar-refractivity contribution in [2.24, 2.45) is 0 Å². The number of hydrogen-bond acceptors (Lipinski definition) is 3. The summed E-state index contributed by atoms with van der Waals surface area (Å²) in [7, 11) is 0. The molecule has 3 rings (SSSR count). The number of rotatable bonds is 7. The molecule has 0 radical (unpaired) electrons. The smallest absolute Gasteiger partial charge is 0.227 e. The summed E-state index contributed by atoms with van der Waals surface area (Å²) in [6.07, 6.45) is 0.768. The van der Waals surface area contributed by atoms with E-state index in [0.717, 1.165) is 35.7 Å². The molecule has 0 unspecified atom stereocenters. The maximum Gasteiger partial charge on any atom is 0.227 e. The Kier molecular flexibility index (Phi) is 7.27. The van der Waals surface area contributed by atoms with E-state index in [4.69, 9.17) is 16.3 Å². The molecule has 1 aliphatic rings. The Bertz CT molecular complexity index is 732. The van der Waals surface area contributed by atoms with Crippen molar-refractivity contribution in [1.29, 1.82) is 0 Å². The molecule has 144 valence electrons. The molecule has 1 fully saturated rings. The molecule has 5 heteroatoms. The Balaban J connectivity index is 1.74. The number of carbonyl (C=O) groups excluding carboxylic acids is 1. The first-order valence-corrected chi connectivity index (χ1v) is 9.97. The molecule has 2 atom stereocenters. The lowest BCUT2D eigenvalue weighted by atomic mass is 9.95. The zero-order chi connectivity index (χ0) is 19.1. The van der Waals surface area contributed by atoms with Gasteiger partial charge in [0.15, 0.2) is 0 Å². The van der Waals surface area contributed by atoms with Gasteiger partial charge in [-0.1, -0.05) is 67.1 Å². The van der Waals surface area contributed by atoms with Gasteiger partial charge in [0, 0.05) is 24.7 Å². The second kappa shape index (κ2) is 9.88. The van der Waals surface area contributed by atoms with Crippen LogP contribution in [0.4, 0.5) is 0 Å². The van der Waals surface area contributed by atoms with Gasteiger partial charge < -0.3 is 10.1 Å². The average Bonchev–Trinajstić information content (AvgIpc) is 2.71. The number of morpholine rings is 1. The van der Waals surface area contributed by atoms with E-state index in [0.29, 0.717) is 19.8 Å². The summed E-state index contributed by atoms with van der Waals surface area (Å²) in [5.41, 5.74) is 2.10. The predicted octanol–water partition coefficient (Wildman–Crippen LogP) is 4.02. The molecule has 2 aromatic rings. The molecule has 4 nitrogen and oxygen atoms in total. The normalized spacial score (nSPS) is 17.3. The van der Waals surface area contributed by atoms with Gasteiger partial charge in [-0.15, -0.1) is 0 Å². The Labute approximate surface area is 166 Å². The number of amides is 1. The Hall–Kier alpha value is -1.88. The van der Waals surface area contributed by atoms with Gasteiger partial charge in [-0.25, -0.2) is 0 Å². The average molecular weight is 387 g/mol. The van der Waals surface area contributed by atoms with Crippen LogP contribution in [-0.4, -0.2) is 43.7 Å². The number of hydrogen-bond donors (Lipinski definition) is 1. The highest BCUT2D eigenvalue weighted by molar-refractivity contribution is 6.31. The van der Waals surface area contributed by atoms with Gasteiger partial charge >= 0.3 is 0 Å². The minimum absolute atomic E-state index is 0.0415. The van der Waals surface area contributed by atoms with Crippen LogP contribution in [0.2, 0.25) is 5.02 Å². The van der Waals surface area contributed by atoms with Crippen LogP contribution in [-0.2, 0) is 9.53 Å². The minimum Gasteiger partial charge on any atom is -0.379 e. The van der Waals surface area contributed by atoms with E-state index in [-0.39, 0.29) is 17.9 Å². The fourth-order valence-corrected chi connectivity index (χ4v) is 3.91. The summed E-state index contributed by atoms with van der Waals surface area (Å²) < 4.78 is 5.49. The van der Waals surface area contributed by atoms with Crippen LogP contribution in [0, 0.1) is 0 Å². The highest BCUT2D eigenvalue weighted by Crippen LogP contribution is 2.28. The van der Waals surface area contributed by atoms with E-state index in [1.807, 2.05) is 61.5 Å². The predicted molar refractivity (Wildman–Crippen MR) is 109 cm³/mol. The molecular weight excluding hydrogens is 360 g/mol. The lowest BCUT2D eigenvalue weighted by molar-refractivity contribution is -0.123. The number of halogens is 1. The quantitative estimate of drug-likeness (QED) is 0.781. The van der Waals surface area contributed by atoms with Crippen LogP contribution < -0.4 is 5.32 Å². The molecule has 0 aliphatic carbocycles. The molecule has 0 bridgehead atoms. The van der Waals surface area contributed by atoms with Gasteiger partial charge in [-0.05, 0) is 23.6 Å². The molecule has 1 heterocycles. The van der Waals surface area contributed by atoms with Crippen molar-refractivity contribution >= 4 is 17.5 Å². The maximum absolute atomic E-state index is 12.9. The van der Waals surface area contributed by atoms with Crippen molar-refractivity contribution in [2.75, 3.05) is 32.8 Å². The van der Waals surface area contributed by atoms with E-state index in [1.54, 1.807) is 0 Å². The molecule has 1 aliphatic heterocycles. The molecule has 0 aromatic heterocycles. The van der Waals surface area contributed by atoms with Crippen molar-refractivity contribution < 1.29 is 9.53 Å². The number of ether oxygens (including phenoxy) is 1. The first-order chi connectivity index (χ1) is 13.2. The van der Waals surface area contributed by atoms with Gasteiger partial charge in [-0.2, -0.15) is 0 Å². The highest BCUT2D eigenvalue weighted by Gasteiger charge is 2.26. The van der Waals surface area contributed by atoms with Crippen molar-refractivity contribution in [2.45, 2.75) is 25.3 Å². The van der Waals surface area contributed by atoms with E-state index in [2.05, 4.69) is 10.2 Å². The zero-order valence-corrected chi connectivity index (χ0v) is 16.5. The van der Waals surface area contributed by atoms with Gasteiger partial charge in [0.25, 0.3) is 0 Å². The number of nitrogens with zero attached hydrogens (tertiary/aromatic N) is 1. The Morgan fingerprint density at radius 1 is 1.11 bits per heavy atom. The summed E-state index contributed by atoms with van der Waals surface area (Å²) >= 11 is 6.47. The van der Waals surface area contributed by atoms with Crippen molar-refractivity contribution in [3.63, 3.8) is 0 Å². The fraction of sp³-hybridized carbons (Fsp3) is 0.409. The summed E-state index contributed by atoms with van der Waals surface area (Å²) in [5, 5.41) is 3.91. The third-order valence-electron chi connectivity index (χ3n) is 5.15. The summed E-state index contributed by atoms with van der Waals surface area (Å²) in [4.78, 5) is 15.2. The van der Waals surface area contributed by atoms with Gasteiger partial charge in [0.05, 0.1) is 25.2 Å². The van der Waals surface area contributed by atoms with Crippen LogP contribution in [0.3, 0.4) is 0 Å². The van der Waals surface area contributed by atoms with E-state index in [9.17, 15) is 4.79 Å². The molecular formula is C22H27ClN2O2. The standard InChI is InChI=1S/C22H27ClN2O2/c1-2-18(17-8-4-3-5-9-17)22(26)24-16-21(25-12-14-27-15-13-25)19-10-6-7-11-20(19)23/h3-11,18,21H,2,12-16H2,1H3,(H,24,26)/t18-,21-/m0/s1. The number of benzene rings is 2.